The molecule has 166 valence electrons. The summed E-state index contributed by atoms with van der Waals surface area (Å²) in [5.41, 5.74) is 4.75. The van der Waals surface area contributed by atoms with Crippen LogP contribution in [0.25, 0.3) is 6.08 Å². The normalized spacial score (nSPS) is 21.1. The number of benzene rings is 3. The minimum absolute atomic E-state index is 0.113. The number of hydrogen-bond donors (Lipinski definition) is 0. The van der Waals surface area contributed by atoms with Crippen molar-refractivity contribution in [3.8, 4) is 0 Å². The van der Waals surface area contributed by atoms with Crippen LogP contribution in [0.1, 0.15) is 46.8 Å². The van der Waals surface area contributed by atoms with E-state index < -0.39 is 0 Å². The van der Waals surface area contributed by atoms with Crippen LogP contribution < -0.4 is 0 Å². The van der Waals surface area contributed by atoms with Crippen molar-refractivity contribution in [3.05, 3.63) is 110 Å². The second kappa shape index (κ2) is 9.34. The van der Waals surface area contributed by atoms with Crippen LogP contribution in [0.15, 0.2) is 83.5 Å². The van der Waals surface area contributed by atoms with Crippen molar-refractivity contribution in [2.24, 2.45) is 11.0 Å². The number of carbonyl (C=O) groups is 1. The number of allylic oxidation sites excluding steroid dienone is 1. The number of fused-ring (bicyclic) bond motifs is 1. The summed E-state index contributed by atoms with van der Waals surface area (Å²) in [6.07, 6.45) is 5.08. The summed E-state index contributed by atoms with van der Waals surface area (Å²) in [6.45, 7) is 0. The monoisotopic (exact) mass is 494 g/mol. The molecule has 0 spiro atoms. The number of amides is 1. The van der Waals surface area contributed by atoms with Gasteiger partial charge in [0.25, 0.3) is 5.91 Å². The molecule has 3 nitrogen and oxygen atoms in total. The molecule has 0 saturated heterocycles. The first-order chi connectivity index (χ1) is 16.0. The van der Waals surface area contributed by atoms with Crippen LogP contribution >= 0.6 is 34.8 Å². The lowest BCUT2D eigenvalue weighted by Crippen LogP contribution is -2.31. The SMILES string of the molecule is O=C(c1cccc(Cl)c1)N1N=C2/C(=C\c3ccc(Cl)cc3)CCC[C@H]2[C@H]1c1ccc(Cl)cc1. The molecule has 1 fully saturated rings. The fraction of sp³-hybridized carbons (Fsp3) is 0.185. The van der Waals surface area contributed by atoms with E-state index in [4.69, 9.17) is 39.9 Å². The van der Waals surface area contributed by atoms with E-state index in [1.54, 1.807) is 29.3 Å². The fourth-order valence-electron chi connectivity index (χ4n) is 4.68. The van der Waals surface area contributed by atoms with Gasteiger partial charge in [0.2, 0.25) is 0 Å². The molecule has 33 heavy (non-hydrogen) atoms. The second-order valence-electron chi connectivity index (χ2n) is 8.36. The molecule has 6 heteroatoms. The summed E-state index contributed by atoms with van der Waals surface area (Å²) < 4.78 is 0. The quantitative estimate of drug-likeness (QED) is 0.361. The van der Waals surface area contributed by atoms with E-state index in [1.807, 2.05) is 48.5 Å². The molecule has 1 aliphatic heterocycles. The Hall–Kier alpha value is -2.59. The van der Waals surface area contributed by atoms with Crippen LogP contribution in [0.5, 0.6) is 0 Å². The standard InChI is InChI=1S/C27H21Cl3N2O/c28-21-11-7-17(8-12-21)15-19-3-2-6-24-25(19)31-32(26(24)18-9-13-22(29)14-10-18)27(33)20-4-1-5-23(30)16-20/h1,4-5,7-16,24,26H,2-3,6H2/b19-15-/t24-,26-/m1/s1. The van der Waals surface area contributed by atoms with Crippen LogP contribution in [0, 0.1) is 5.92 Å². The Kier molecular flexibility index (Phi) is 6.29. The molecule has 5 rings (SSSR count). The molecule has 0 N–H and O–H groups in total. The van der Waals surface area contributed by atoms with Gasteiger partial charge in [-0.05, 0) is 84.5 Å². The van der Waals surface area contributed by atoms with Gasteiger partial charge in [-0.1, -0.05) is 65.1 Å². The molecule has 1 aliphatic carbocycles. The predicted octanol–water partition coefficient (Wildman–Crippen LogP) is 8.08. The first-order valence-corrected chi connectivity index (χ1v) is 12.0. The molecule has 0 bridgehead atoms. The number of hydrogen-bond acceptors (Lipinski definition) is 2. The molecule has 3 aromatic rings. The van der Waals surface area contributed by atoms with Crippen LogP contribution in [0.4, 0.5) is 0 Å². The minimum atomic E-state index is -0.197. The Morgan fingerprint density at radius 2 is 1.61 bits per heavy atom. The van der Waals surface area contributed by atoms with Crippen molar-refractivity contribution in [2.75, 3.05) is 0 Å². The van der Waals surface area contributed by atoms with Crippen molar-refractivity contribution in [1.29, 1.82) is 0 Å². The number of hydrazone groups is 1. The van der Waals surface area contributed by atoms with Gasteiger partial charge in [-0.15, -0.1) is 0 Å². The molecule has 0 aromatic heterocycles. The maximum absolute atomic E-state index is 13.6. The summed E-state index contributed by atoms with van der Waals surface area (Å²) in [7, 11) is 0. The van der Waals surface area contributed by atoms with Gasteiger partial charge in [-0.25, -0.2) is 5.01 Å². The summed E-state index contributed by atoms with van der Waals surface area (Å²) >= 11 is 18.4. The molecule has 0 radical (unpaired) electrons. The first-order valence-electron chi connectivity index (χ1n) is 10.9. The van der Waals surface area contributed by atoms with Crippen molar-refractivity contribution in [1.82, 2.24) is 5.01 Å². The van der Waals surface area contributed by atoms with E-state index in [-0.39, 0.29) is 17.9 Å². The third kappa shape index (κ3) is 4.59. The summed E-state index contributed by atoms with van der Waals surface area (Å²) in [4.78, 5) is 13.6. The summed E-state index contributed by atoms with van der Waals surface area (Å²) in [5, 5.41) is 8.45. The van der Waals surface area contributed by atoms with E-state index >= 15 is 0 Å². The van der Waals surface area contributed by atoms with Crippen LogP contribution in [0.3, 0.4) is 0 Å². The van der Waals surface area contributed by atoms with Crippen molar-refractivity contribution >= 4 is 52.5 Å². The highest BCUT2D eigenvalue weighted by Crippen LogP contribution is 2.45. The zero-order valence-corrected chi connectivity index (χ0v) is 20.0. The van der Waals surface area contributed by atoms with Gasteiger partial charge < -0.3 is 0 Å². The van der Waals surface area contributed by atoms with Crippen molar-refractivity contribution < 1.29 is 4.79 Å². The molecule has 1 saturated carbocycles. The van der Waals surface area contributed by atoms with Crippen molar-refractivity contribution in [2.45, 2.75) is 25.3 Å². The van der Waals surface area contributed by atoms with Gasteiger partial charge in [0.05, 0.1) is 11.8 Å². The third-order valence-corrected chi connectivity index (χ3v) is 6.94. The smallest absolute Gasteiger partial charge is 0.267 e. The average molecular weight is 496 g/mol. The Balaban J connectivity index is 1.58. The maximum atomic E-state index is 13.6. The van der Waals surface area contributed by atoms with Gasteiger partial charge in [0, 0.05) is 26.5 Å². The van der Waals surface area contributed by atoms with E-state index in [9.17, 15) is 4.79 Å². The van der Waals surface area contributed by atoms with E-state index in [0.717, 1.165) is 41.7 Å². The molecular weight excluding hydrogens is 475 g/mol. The first kappa shape index (κ1) is 22.2. The third-order valence-electron chi connectivity index (χ3n) is 6.20. The van der Waals surface area contributed by atoms with Crippen LogP contribution in [-0.2, 0) is 0 Å². The number of nitrogens with zero attached hydrogens (tertiary/aromatic N) is 2. The lowest BCUT2D eigenvalue weighted by atomic mass is 9.77. The Bertz CT molecular complexity index is 1250. The molecule has 2 aliphatic rings. The fourth-order valence-corrected chi connectivity index (χ4v) is 5.12. The second-order valence-corrected chi connectivity index (χ2v) is 9.67. The van der Waals surface area contributed by atoms with Gasteiger partial charge in [0.15, 0.2) is 0 Å². The lowest BCUT2D eigenvalue weighted by molar-refractivity contribution is 0.0681. The molecule has 2 atom stereocenters. The van der Waals surface area contributed by atoms with Gasteiger partial charge in [-0.2, -0.15) is 5.10 Å². The number of rotatable bonds is 3. The highest BCUT2D eigenvalue weighted by Gasteiger charge is 2.43. The highest BCUT2D eigenvalue weighted by molar-refractivity contribution is 6.31. The minimum Gasteiger partial charge on any atom is -0.267 e. The number of halogens is 3. The van der Waals surface area contributed by atoms with Gasteiger partial charge >= 0.3 is 0 Å². The van der Waals surface area contributed by atoms with E-state index in [1.165, 1.54) is 0 Å². The predicted molar refractivity (Wildman–Crippen MR) is 136 cm³/mol. The average Bonchev–Trinajstić information content (AvgIpc) is 3.21. The van der Waals surface area contributed by atoms with Crippen LogP contribution in [0.2, 0.25) is 15.1 Å². The summed E-state index contributed by atoms with van der Waals surface area (Å²) in [6, 6.07) is 22.3. The summed E-state index contributed by atoms with van der Waals surface area (Å²) in [5.74, 6) is -0.0493. The van der Waals surface area contributed by atoms with Crippen LogP contribution in [-0.4, -0.2) is 16.6 Å². The van der Waals surface area contributed by atoms with Crippen molar-refractivity contribution in [3.63, 3.8) is 0 Å². The molecular formula is C27H21Cl3N2O. The molecule has 1 heterocycles. The molecule has 1 amide bonds. The van der Waals surface area contributed by atoms with E-state index in [2.05, 4.69) is 6.08 Å². The molecule has 0 unspecified atom stereocenters. The largest absolute Gasteiger partial charge is 0.274 e. The Morgan fingerprint density at radius 1 is 0.909 bits per heavy atom. The topological polar surface area (TPSA) is 32.7 Å². The zero-order valence-electron chi connectivity index (χ0n) is 17.7. The molecule has 3 aromatic carbocycles. The Morgan fingerprint density at radius 3 is 2.30 bits per heavy atom. The number of carbonyl (C=O) groups excluding carboxylic acids is 1. The Labute approximate surface area is 208 Å². The van der Waals surface area contributed by atoms with E-state index in [0.29, 0.717) is 20.6 Å². The zero-order chi connectivity index (χ0) is 22.9. The lowest BCUT2D eigenvalue weighted by Gasteiger charge is -2.29. The maximum Gasteiger partial charge on any atom is 0.274 e. The highest BCUT2D eigenvalue weighted by atomic mass is 35.5. The van der Waals surface area contributed by atoms with Gasteiger partial charge in [0.1, 0.15) is 0 Å². The van der Waals surface area contributed by atoms with Gasteiger partial charge in [-0.3, -0.25) is 4.79 Å².